The van der Waals surface area contributed by atoms with Gasteiger partial charge in [-0.2, -0.15) is 26.3 Å². The number of fused-ring (bicyclic) bond motifs is 1. The van der Waals surface area contributed by atoms with Crippen LogP contribution in [0, 0.1) is 0 Å². The first kappa shape index (κ1) is 30.0. The Balaban J connectivity index is 2.14. The number of rotatable bonds is 6. The number of carbonyl (C=O) groups excluding carboxylic acids is 2. The van der Waals surface area contributed by atoms with Crippen LogP contribution in [0.3, 0.4) is 0 Å². The molecule has 1 aromatic carbocycles. The molecule has 0 spiro atoms. The standard InChI is InChI=1S/C26H29F6N3O4/c1-6-19-12-21(23-20(7-8-22(33-23)38-5)35(19)24(37)39-14(2)3)34(15(4)36)13-16-9-17(25(27,28)29)11-18(10-16)26(30,31)32/h7-11,14,19,21H,6,12-13H2,1-5H3/t19-,21+/m0/s1. The highest BCUT2D eigenvalue weighted by Gasteiger charge is 2.42. The zero-order chi connectivity index (χ0) is 29.3. The van der Waals surface area contributed by atoms with E-state index in [-0.39, 0.29) is 29.6 Å². The molecule has 214 valence electrons. The monoisotopic (exact) mass is 561 g/mol. The van der Waals surface area contributed by atoms with Crippen molar-refractivity contribution in [1.29, 1.82) is 0 Å². The van der Waals surface area contributed by atoms with E-state index in [2.05, 4.69) is 4.98 Å². The molecule has 2 aromatic rings. The Bertz CT molecular complexity index is 1180. The SMILES string of the molecule is CC[C@H]1C[C@@H](N(Cc2cc(C(F)(F)F)cc(C(F)(F)F)c2)C(C)=O)c2nc(OC)ccc2N1C(=O)OC(C)C. The first-order valence-electron chi connectivity index (χ1n) is 12.2. The molecule has 0 unspecified atom stereocenters. The number of methoxy groups -OCH3 is 1. The Morgan fingerprint density at radius 2 is 1.67 bits per heavy atom. The van der Waals surface area contributed by atoms with Crippen molar-refractivity contribution in [3.8, 4) is 5.88 Å². The third-order valence-corrected chi connectivity index (χ3v) is 6.31. The average molecular weight is 562 g/mol. The molecule has 3 rings (SSSR count). The van der Waals surface area contributed by atoms with E-state index in [4.69, 9.17) is 9.47 Å². The van der Waals surface area contributed by atoms with Crippen LogP contribution >= 0.6 is 0 Å². The van der Waals surface area contributed by atoms with Crippen molar-refractivity contribution in [2.24, 2.45) is 0 Å². The number of amides is 2. The first-order chi connectivity index (χ1) is 18.1. The van der Waals surface area contributed by atoms with Crippen LogP contribution in [-0.2, 0) is 28.4 Å². The number of ether oxygens (including phenoxy) is 2. The van der Waals surface area contributed by atoms with Gasteiger partial charge in [0.2, 0.25) is 11.8 Å². The molecule has 39 heavy (non-hydrogen) atoms. The van der Waals surface area contributed by atoms with Gasteiger partial charge in [-0.3, -0.25) is 9.69 Å². The number of aromatic nitrogens is 1. The maximum atomic E-state index is 13.5. The van der Waals surface area contributed by atoms with E-state index in [1.165, 1.54) is 25.0 Å². The number of carbonyl (C=O) groups is 2. The predicted molar refractivity (Wildman–Crippen MR) is 129 cm³/mol. The number of alkyl halides is 6. The molecule has 0 saturated carbocycles. The largest absolute Gasteiger partial charge is 0.481 e. The summed E-state index contributed by atoms with van der Waals surface area (Å²) >= 11 is 0. The lowest BCUT2D eigenvalue weighted by atomic mass is 9.91. The molecule has 0 N–H and O–H groups in total. The van der Waals surface area contributed by atoms with Gasteiger partial charge in [0.1, 0.15) is 0 Å². The Morgan fingerprint density at radius 1 is 1.08 bits per heavy atom. The summed E-state index contributed by atoms with van der Waals surface area (Å²) in [6.45, 7) is 5.78. The molecule has 13 heteroatoms. The number of nitrogens with zero attached hydrogens (tertiary/aromatic N) is 3. The topological polar surface area (TPSA) is 72.0 Å². The van der Waals surface area contributed by atoms with Gasteiger partial charge in [0, 0.05) is 25.6 Å². The number of pyridine rings is 1. The molecule has 1 aliphatic heterocycles. The molecular formula is C26H29F6N3O4. The van der Waals surface area contributed by atoms with Gasteiger partial charge in [0.25, 0.3) is 0 Å². The van der Waals surface area contributed by atoms with E-state index >= 15 is 0 Å². The summed E-state index contributed by atoms with van der Waals surface area (Å²) in [6.07, 6.45) is -10.6. The lowest BCUT2D eigenvalue weighted by molar-refractivity contribution is -0.143. The smallest absolute Gasteiger partial charge is 0.416 e. The number of hydrogen-bond donors (Lipinski definition) is 0. The molecule has 1 aliphatic rings. The fourth-order valence-electron chi connectivity index (χ4n) is 4.56. The summed E-state index contributed by atoms with van der Waals surface area (Å²) in [4.78, 5) is 32.9. The van der Waals surface area contributed by atoms with Crippen LogP contribution in [0.25, 0.3) is 0 Å². The van der Waals surface area contributed by atoms with Crippen LogP contribution in [-0.4, -0.2) is 41.1 Å². The van der Waals surface area contributed by atoms with Crippen LogP contribution in [0.15, 0.2) is 30.3 Å². The second-order valence-corrected chi connectivity index (χ2v) is 9.44. The van der Waals surface area contributed by atoms with Crippen molar-refractivity contribution >= 4 is 17.7 Å². The van der Waals surface area contributed by atoms with Gasteiger partial charge in [-0.15, -0.1) is 0 Å². The summed E-state index contributed by atoms with van der Waals surface area (Å²) in [7, 11) is 1.36. The third kappa shape index (κ3) is 6.74. The van der Waals surface area contributed by atoms with Gasteiger partial charge in [-0.1, -0.05) is 6.92 Å². The summed E-state index contributed by atoms with van der Waals surface area (Å²) in [6, 6.07) is 2.90. The van der Waals surface area contributed by atoms with Gasteiger partial charge in [0.15, 0.2) is 0 Å². The molecule has 2 heterocycles. The molecule has 0 aliphatic carbocycles. The number of benzene rings is 1. The minimum absolute atomic E-state index is 0.0370. The fourth-order valence-corrected chi connectivity index (χ4v) is 4.56. The number of hydrogen-bond acceptors (Lipinski definition) is 5. The molecule has 7 nitrogen and oxygen atoms in total. The second kappa shape index (κ2) is 11.3. The van der Waals surface area contributed by atoms with E-state index < -0.39 is 60.2 Å². The summed E-state index contributed by atoms with van der Waals surface area (Å²) in [5.74, 6) is -0.456. The lowest BCUT2D eigenvalue weighted by Gasteiger charge is -2.43. The van der Waals surface area contributed by atoms with Crippen LogP contribution in [0.4, 0.5) is 36.8 Å². The van der Waals surface area contributed by atoms with Crippen LogP contribution in [0.1, 0.15) is 69.0 Å². The third-order valence-electron chi connectivity index (χ3n) is 6.31. The van der Waals surface area contributed by atoms with Gasteiger partial charge in [0.05, 0.1) is 41.8 Å². The van der Waals surface area contributed by atoms with Crippen molar-refractivity contribution < 1.29 is 45.4 Å². The Kier molecular flexibility index (Phi) is 8.71. The first-order valence-corrected chi connectivity index (χ1v) is 12.2. The Labute approximate surface area is 221 Å². The van der Waals surface area contributed by atoms with Gasteiger partial charge in [-0.25, -0.2) is 9.78 Å². The number of anilines is 1. The molecule has 0 saturated heterocycles. The summed E-state index contributed by atoms with van der Waals surface area (Å²) in [5, 5.41) is 0. The lowest BCUT2D eigenvalue weighted by Crippen LogP contribution is -2.49. The van der Waals surface area contributed by atoms with E-state index in [1.54, 1.807) is 26.8 Å². The van der Waals surface area contributed by atoms with E-state index in [9.17, 15) is 35.9 Å². The highest BCUT2D eigenvalue weighted by atomic mass is 19.4. The van der Waals surface area contributed by atoms with Gasteiger partial charge >= 0.3 is 18.4 Å². The van der Waals surface area contributed by atoms with Gasteiger partial charge in [-0.05, 0) is 56.5 Å². The zero-order valence-corrected chi connectivity index (χ0v) is 22.0. The molecule has 0 fully saturated rings. The molecule has 0 bridgehead atoms. The summed E-state index contributed by atoms with van der Waals surface area (Å²) in [5.41, 5.74) is -2.80. The summed E-state index contributed by atoms with van der Waals surface area (Å²) < 4.78 is 91.3. The molecule has 0 radical (unpaired) electrons. The quantitative estimate of drug-likeness (QED) is 0.365. The highest BCUT2D eigenvalue weighted by molar-refractivity contribution is 5.90. The Morgan fingerprint density at radius 3 is 2.13 bits per heavy atom. The van der Waals surface area contributed by atoms with Crippen LogP contribution in [0.5, 0.6) is 5.88 Å². The number of halogens is 6. The van der Waals surface area contributed by atoms with Gasteiger partial charge < -0.3 is 14.4 Å². The highest BCUT2D eigenvalue weighted by Crippen LogP contribution is 2.43. The molecule has 1 aromatic heterocycles. The zero-order valence-electron chi connectivity index (χ0n) is 22.0. The minimum Gasteiger partial charge on any atom is -0.481 e. The van der Waals surface area contributed by atoms with Crippen molar-refractivity contribution in [3.05, 3.63) is 52.7 Å². The molecule has 2 atom stereocenters. The van der Waals surface area contributed by atoms with Crippen molar-refractivity contribution in [2.75, 3.05) is 12.0 Å². The minimum atomic E-state index is -5.03. The van der Waals surface area contributed by atoms with Crippen LogP contribution < -0.4 is 9.64 Å². The van der Waals surface area contributed by atoms with Crippen molar-refractivity contribution in [2.45, 2.75) is 77.6 Å². The normalized spacial score (nSPS) is 17.6. The van der Waals surface area contributed by atoms with Crippen molar-refractivity contribution in [3.63, 3.8) is 0 Å². The molecule has 2 amide bonds. The van der Waals surface area contributed by atoms with E-state index in [0.29, 0.717) is 24.2 Å². The maximum Gasteiger partial charge on any atom is 0.416 e. The predicted octanol–water partition coefficient (Wildman–Crippen LogP) is 6.75. The second-order valence-electron chi connectivity index (χ2n) is 9.44. The fraction of sp³-hybridized carbons (Fsp3) is 0.500. The Hall–Kier alpha value is -3.51. The van der Waals surface area contributed by atoms with E-state index in [1.807, 2.05) is 0 Å². The van der Waals surface area contributed by atoms with Crippen molar-refractivity contribution in [1.82, 2.24) is 9.88 Å². The van der Waals surface area contributed by atoms with Crippen LogP contribution in [0.2, 0.25) is 0 Å². The maximum absolute atomic E-state index is 13.5. The average Bonchev–Trinajstić information content (AvgIpc) is 2.84. The van der Waals surface area contributed by atoms with E-state index in [0.717, 1.165) is 4.90 Å². The molecular weight excluding hydrogens is 532 g/mol.